The summed E-state index contributed by atoms with van der Waals surface area (Å²) in [6, 6.07) is 14.1. The molecule has 3 aromatic carbocycles. The van der Waals surface area contributed by atoms with Crippen LogP contribution in [0.2, 0.25) is 5.02 Å². The van der Waals surface area contributed by atoms with E-state index in [4.69, 9.17) is 32.2 Å². The molecule has 4 rings (SSSR count). The lowest BCUT2D eigenvalue weighted by atomic mass is 9.97. The molecule has 3 aromatic rings. The number of carbonyl (C=O) groups is 1. The summed E-state index contributed by atoms with van der Waals surface area (Å²) >= 11 is 10.5. The third-order valence-electron chi connectivity index (χ3n) is 8.46. The summed E-state index contributed by atoms with van der Waals surface area (Å²) in [4.78, 5) is 18.0. The molecule has 50 heavy (non-hydrogen) atoms. The number of unbranched alkanes of at least 4 members (excludes halogenated alkanes) is 1. The number of rotatable bonds is 20. The molecule has 1 heterocycles. The van der Waals surface area contributed by atoms with Crippen LogP contribution in [0.15, 0.2) is 69.8 Å². The normalized spacial score (nSPS) is 14.2. The van der Waals surface area contributed by atoms with E-state index in [1.165, 1.54) is 38.3 Å². The molecule has 268 valence electrons. The van der Waals surface area contributed by atoms with E-state index in [9.17, 15) is 15.0 Å². The van der Waals surface area contributed by atoms with Gasteiger partial charge in [0.05, 0.1) is 11.6 Å². The van der Waals surface area contributed by atoms with Gasteiger partial charge in [0.25, 0.3) is 0 Å². The second-order valence-electron chi connectivity index (χ2n) is 11.9. The van der Waals surface area contributed by atoms with Gasteiger partial charge in [-0.15, -0.1) is 0 Å². The van der Waals surface area contributed by atoms with Crippen LogP contribution in [0.1, 0.15) is 42.4 Å². The van der Waals surface area contributed by atoms with Gasteiger partial charge < -0.3 is 41.0 Å². The standard InChI is InChI=1S/C37H46BrClN6O5/c1-42-20-25(18-40)23-49-34-17-35(31(39)16-27(34)21-44-33(22-46)37(47)48)50-24-26-8-6-10-29(36(26)38)28-9-7-11-32(30(28)19-41)43-12-2-3-13-45-14-4-5-15-45/h6-11,16-20,33,41,43-44,46H,2-5,12-15,21-24,40H2,1H3,(H,47,48). The van der Waals surface area contributed by atoms with Gasteiger partial charge in [-0.3, -0.25) is 15.1 Å². The average Bonchev–Trinajstić information content (AvgIpc) is 3.64. The highest BCUT2D eigenvalue weighted by Crippen LogP contribution is 2.37. The first-order valence-corrected chi connectivity index (χ1v) is 17.8. The third kappa shape index (κ3) is 10.8. The Bertz CT molecular complexity index is 1660. The topological polar surface area (TPSA) is 166 Å². The largest absolute Gasteiger partial charge is 0.488 e. The molecule has 0 bridgehead atoms. The number of nitrogens with zero attached hydrogens (tertiary/aromatic N) is 2. The second kappa shape index (κ2) is 20.0. The molecule has 1 aliphatic rings. The summed E-state index contributed by atoms with van der Waals surface area (Å²) < 4.78 is 13.1. The van der Waals surface area contributed by atoms with E-state index in [2.05, 4.69) is 36.5 Å². The molecule has 0 spiro atoms. The molecule has 11 nitrogen and oxygen atoms in total. The Balaban J connectivity index is 1.51. The van der Waals surface area contributed by atoms with Crippen LogP contribution in [0, 0.1) is 5.41 Å². The molecule has 1 atom stereocenters. The van der Waals surface area contributed by atoms with E-state index in [-0.39, 0.29) is 19.8 Å². The monoisotopic (exact) mass is 768 g/mol. The summed E-state index contributed by atoms with van der Waals surface area (Å²) in [7, 11) is 1.62. The number of aliphatic hydroxyl groups is 1. The lowest BCUT2D eigenvalue weighted by molar-refractivity contribution is -0.140. The van der Waals surface area contributed by atoms with Gasteiger partial charge in [-0.2, -0.15) is 0 Å². The first-order valence-electron chi connectivity index (χ1n) is 16.6. The molecule has 13 heteroatoms. The van der Waals surface area contributed by atoms with Crippen LogP contribution in [-0.2, 0) is 17.9 Å². The zero-order valence-electron chi connectivity index (χ0n) is 28.3. The van der Waals surface area contributed by atoms with Crippen molar-refractivity contribution in [1.82, 2.24) is 10.2 Å². The van der Waals surface area contributed by atoms with Crippen molar-refractivity contribution in [2.45, 2.75) is 44.9 Å². The third-order valence-corrected chi connectivity index (χ3v) is 9.69. The maximum Gasteiger partial charge on any atom is 0.323 e. The van der Waals surface area contributed by atoms with Gasteiger partial charge in [0.1, 0.15) is 30.8 Å². The van der Waals surface area contributed by atoms with Gasteiger partial charge in [0, 0.05) is 77.3 Å². The number of aliphatic hydroxyl groups excluding tert-OH is 1. The molecule has 1 unspecified atom stereocenters. The fourth-order valence-electron chi connectivity index (χ4n) is 5.73. The maximum atomic E-state index is 11.4. The van der Waals surface area contributed by atoms with E-state index in [1.54, 1.807) is 25.4 Å². The van der Waals surface area contributed by atoms with Crippen molar-refractivity contribution in [3.05, 3.63) is 86.5 Å². The van der Waals surface area contributed by atoms with Gasteiger partial charge in [0.15, 0.2) is 0 Å². The number of hydrogen-bond donors (Lipinski definition) is 6. The average molecular weight is 770 g/mol. The second-order valence-corrected chi connectivity index (χ2v) is 13.1. The van der Waals surface area contributed by atoms with Crippen LogP contribution in [0.5, 0.6) is 11.5 Å². The Morgan fingerprint density at radius 1 is 1.12 bits per heavy atom. The van der Waals surface area contributed by atoms with Crippen LogP contribution in [0.4, 0.5) is 5.69 Å². The van der Waals surface area contributed by atoms with Crippen molar-refractivity contribution in [1.29, 1.82) is 5.41 Å². The molecule has 0 amide bonds. The van der Waals surface area contributed by atoms with Gasteiger partial charge in [0.2, 0.25) is 0 Å². The van der Waals surface area contributed by atoms with Crippen molar-refractivity contribution in [3.63, 3.8) is 0 Å². The Kier molecular flexibility index (Phi) is 15.6. The van der Waals surface area contributed by atoms with Gasteiger partial charge in [-0.25, -0.2) is 0 Å². The molecule has 0 aromatic heterocycles. The first-order chi connectivity index (χ1) is 24.3. The van der Waals surface area contributed by atoms with Crippen molar-refractivity contribution < 1.29 is 24.5 Å². The van der Waals surface area contributed by atoms with Crippen LogP contribution >= 0.6 is 27.5 Å². The summed E-state index contributed by atoms with van der Waals surface area (Å²) in [5.74, 6) is -0.426. The van der Waals surface area contributed by atoms with E-state index >= 15 is 0 Å². The van der Waals surface area contributed by atoms with Crippen molar-refractivity contribution >= 4 is 51.6 Å². The van der Waals surface area contributed by atoms with Crippen molar-refractivity contribution in [2.75, 3.05) is 51.8 Å². The number of aliphatic imine (C=N–C) groups is 1. The predicted octanol–water partition coefficient (Wildman–Crippen LogP) is 6.09. The van der Waals surface area contributed by atoms with E-state index in [0.717, 1.165) is 58.3 Å². The number of ether oxygens (including phenoxy) is 2. The molecule has 0 saturated carbocycles. The van der Waals surface area contributed by atoms with Crippen LogP contribution in [-0.4, -0.2) is 86.0 Å². The molecular weight excluding hydrogens is 724 g/mol. The Labute approximate surface area is 307 Å². The van der Waals surface area contributed by atoms with Crippen molar-refractivity contribution in [2.24, 2.45) is 10.7 Å². The number of nitrogens with one attached hydrogen (secondary N) is 3. The number of halogens is 2. The molecule has 0 aliphatic carbocycles. The highest BCUT2D eigenvalue weighted by atomic mass is 79.9. The number of nitrogens with two attached hydrogens (primary N) is 1. The van der Waals surface area contributed by atoms with Crippen LogP contribution in [0.3, 0.4) is 0 Å². The zero-order chi connectivity index (χ0) is 35.9. The Morgan fingerprint density at radius 2 is 1.88 bits per heavy atom. The summed E-state index contributed by atoms with van der Waals surface area (Å²) in [6.45, 7) is 4.15. The number of likely N-dealkylation sites (tertiary alicyclic amines) is 1. The number of hydrogen-bond acceptors (Lipinski definition) is 10. The van der Waals surface area contributed by atoms with Gasteiger partial charge in [-0.05, 0) is 84.5 Å². The van der Waals surface area contributed by atoms with E-state index in [0.29, 0.717) is 27.7 Å². The smallest absolute Gasteiger partial charge is 0.323 e. The molecule has 1 saturated heterocycles. The molecule has 0 radical (unpaired) electrons. The maximum absolute atomic E-state index is 11.4. The number of carboxylic acids is 1. The summed E-state index contributed by atoms with van der Waals surface area (Å²) in [6.07, 6.45) is 9.18. The Hall–Kier alpha value is -3.94. The summed E-state index contributed by atoms with van der Waals surface area (Å²) in [5.41, 5.74) is 11.4. The van der Waals surface area contributed by atoms with Crippen LogP contribution in [0.25, 0.3) is 11.1 Å². The van der Waals surface area contributed by atoms with Gasteiger partial charge in [-0.1, -0.05) is 41.9 Å². The summed E-state index contributed by atoms with van der Waals surface area (Å²) in [5, 5.41) is 33.7. The number of benzene rings is 3. The van der Waals surface area contributed by atoms with Crippen molar-refractivity contribution in [3.8, 4) is 22.6 Å². The number of aliphatic carboxylic acids is 1. The first kappa shape index (κ1) is 38.9. The van der Waals surface area contributed by atoms with Crippen LogP contribution < -0.4 is 25.8 Å². The molecule has 1 fully saturated rings. The minimum Gasteiger partial charge on any atom is -0.488 e. The minimum atomic E-state index is -1.18. The predicted molar refractivity (Wildman–Crippen MR) is 204 cm³/mol. The number of anilines is 1. The SMILES string of the molecule is CN=CC(=CN)COc1cc(OCc2cccc(-c3cccc(NCCCCN4CCCC4)c3C=N)c2Br)c(Cl)cc1CNC(CO)C(=O)O. The quantitative estimate of drug-likeness (QED) is 0.0589. The minimum absolute atomic E-state index is 0.0614. The number of carboxylic acid groups (broad SMARTS) is 1. The van der Waals surface area contributed by atoms with E-state index < -0.39 is 18.6 Å². The highest BCUT2D eigenvalue weighted by Gasteiger charge is 2.19. The zero-order valence-corrected chi connectivity index (χ0v) is 30.6. The fourth-order valence-corrected chi connectivity index (χ4v) is 6.56. The molecule has 7 N–H and O–H groups in total. The Morgan fingerprint density at radius 3 is 2.58 bits per heavy atom. The lowest BCUT2D eigenvalue weighted by Crippen LogP contribution is -2.39. The van der Waals surface area contributed by atoms with Gasteiger partial charge >= 0.3 is 5.97 Å². The fraction of sp³-hybridized carbons (Fsp3) is 0.378. The van der Waals surface area contributed by atoms with E-state index in [1.807, 2.05) is 36.4 Å². The lowest BCUT2D eigenvalue weighted by Gasteiger charge is -2.19. The molecular formula is C37H46BrClN6O5. The molecule has 1 aliphatic heterocycles. The highest BCUT2D eigenvalue weighted by molar-refractivity contribution is 9.10.